The Bertz CT molecular complexity index is 1040. The maximum atomic E-state index is 13.4. The van der Waals surface area contributed by atoms with Gasteiger partial charge in [-0.25, -0.2) is 9.59 Å². The van der Waals surface area contributed by atoms with Crippen LogP contribution in [0, 0.1) is 11.8 Å². The highest BCUT2D eigenvalue weighted by atomic mass is 16.6. The van der Waals surface area contributed by atoms with Gasteiger partial charge in [-0.2, -0.15) is 0 Å². The van der Waals surface area contributed by atoms with Crippen molar-refractivity contribution in [3.05, 3.63) is 35.9 Å². The average Bonchev–Trinajstić information content (AvgIpc) is 3.39. The maximum Gasteiger partial charge on any atom is 0.410 e. The summed E-state index contributed by atoms with van der Waals surface area (Å²) < 4.78 is 5.43. The number of carbonyl (C=O) groups excluding carboxylic acids is 4. The third-order valence-electron chi connectivity index (χ3n) is 7.10. The van der Waals surface area contributed by atoms with Gasteiger partial charge in [0.15, 0.2) is 0 Å². The van der Waals surface area contributed by atoms with Crippen LogP contribution >= 0.6 is 0 Å². The molecule has 4 atom stereocenters. The van der Waals surface area contributed by atoms with Gasteiger partial charge in [0.1, 0.15) is 30.3 Å². The van der Waals surface area contributed by atoms with Crippen LogP contribution in [-0.2, 0) is 30.5 Å². The molecule has 11 heteroatoms. The van der Waals surface area contributed by atoms with Crippen molar-refractivity contribution in [1.82, 2.24) is 20.9 Å². The molecular weight excluding hydrogens is 516 g/mol. The standard InChI is InChI=1S/C29H44N4O7/c1-7-19(4)23(26(36)30-21(16-18(2)3)24(34)32-29(5,6)27(37)38)31-25(35)22-14-11-15-33(22)28(39)40-17-20-12-9-8-10-13-20/h8-10,12-13,18-19,21-23H,7,11,14-17H2,1-6H3,(H,30,36)(H,31,35)(H,32,34)(H,37,38)/t19-,21-,22-,23-/m0/s1. The van der Waals surface area contributed by atoms with Gasteiger partial charge in [0.25, 0.3) is 0 Å². The third kappa shape index (κ3) is 9.24. The molecule has 1 aliphatic rings. The van der Waals surface area contributed by atoms with E-state index in [0.29, 0.717) is 25.8 Å². The van der Waals surface area contributed by atoms with Crippen molar-refractivity contribution in [2.75, 3.05) is 6.54 Å². The highest BCUT2D eigenvalue weighted by Gasteiger charge is 2.39. The first-order valence-corrected chi connectivity index (χ1v) is 13.9. The Balaban J connectivity index is 2.12. The van der Waals surface area contributed by atoms with Gasteiger partial charge < -0.3 is 25.8 Å². The predicted molar refractivity (Wildman–Crippen MR) is 149 cm³/mol. The summed E-state index contributed by atoms with van der Waals surface area (Å²) in [6, 6.07) is 6.49. The molecule has 1 aromatic carbocycles. The Labute approximate surface area is 236 Å². The van der Waals surface area contributed by atoms with Gasteiger partial charge in [-0.15, -0.1) is 0 Å². The second-order valence-electron chi connectivity index (χ2n) is 11.4. The van der Waals surface area contributed by atoms with Crippen LogP contribution in [0.1, 0.15) is 72.8 Å². The summed E-state index contributed by atoms with van der Waals surface area (Å²) in [5.41, 5.74) is -0.695. The van der Waals surface area contributed by atoms with Gasteiger partial charge in [-0.1, -0.05) is 64.4 Å². The number of nitrogens with one attached hydrogen (secondary N) is 3. The molecule has 4 N–H and O–H groups in total. The lowest BCUT2D eigenvalue weighted by Gasteiger charge is -2.30. The maximum absolute atomic E-state index is 13.4. The Morgan fingerprint density at radius 3 is 2.27 bits per heavy atom. The van der Waals surface area contributed by atoms with E-state index in [2.05, 4.69) is 16.0 Å². The molecule has 0 spiro atoms. The summed E-state index contributed by atoms with van der Waals surface area (Å²) >= 11 is 0. The minimum Gasteiger partial charge on any atom is -0.480 e. The Morgan fingerprint density at radius 1 is 1.05 bits per heavy atom. The van der Waals surface area contributed by atoms with E-state index in [4.69, 9.17) is 4.74 Å². The van der Waals surface area contributed by atoms with E-state index in [1.54, 1.807) is 0 Å². The van der Waals surface area contributed by atoms with Crippen LogP contribution in [0.4, 0.5) is 4.79 Å². The summed E-state index contributed by atoms with van der Waals surface area (Å²) in [4.78, 5) is 65.4. The van der Waals surface area contributed by atoms with E-state index in [-0.39, 0.29) is 24.9 Å². The van der Waals surface area contributed by atoms with Crippen molar-refractivity contribution in [3.63, 3.8) is 0 Å². The number of hydrogen-bond donors (Lipinski definition) is 4. The van der Waals surface area contributed by atoms with Gasteiger partial charge in [0.05, 0.1) is 0 Å². The van der Waals surface area contributed by atoms with Crippen molar-refractivity contribution in [3.8, 4) is 0 Å². The molecule has 1 aromatic rings. The number of aliphatic carboxylic acids is 1. The Hall–Kier alpha value is -3.63. The van der Waals surface area contributed by atoms with Crippen molar-refractivity contribution in [2.45, 2.75) is 97.5 Å². The molecule has 40 heavy (non-hydrogen) atoms. The number of carboxylic acids is 1. The summed E-state index contributed by atoms with van der Waals surface area (Å²) in [6.45, 7) is 10.6. The van der Waals surface area contributed by atoms with Crippen molar-refractivity contribution in [1.29, 1.82) is 0 Å². The molecule has 0 bridgehead atoms. The number of carboxylic acid groups (broad SMARTS) is 1. The average molecular weight is 561 g/mol. The molecule has 11 nitrogen and oxygen atoms in total. The largest absolute Gasteiger partial charge is 0.480 e. The number of carbonyl (C=O) groups is 5. The molecule has 2 rings (SSSR count). The van der Waals surface area contributed by atoms with E-state index in [9.17, 15) is 29.1 Å². The SMILES string of the molecule is CC[C@H](C)[C@H](NC(=O)[C@@H]1CCCN1C(=O)OCc1ccccc1)C(=O)N[C@@H](CC(C)C)C(=O)NC(C)(C)C(=O)O. The van der Waals surface area contributed by atoms with Gasteiger partial charge >= 0.3 is 12.1 Å². The first-order chi connectivity index (χ1) is 18.8. The molecule has 222 valence electrons. The third-order valence-corrected chi connectivity index (χ3v) is 7.10. The summed E-state index contributed by atoms with van der Waals surface area (Å²) in [7, 11) is 0. The summed E-state index contributed by atoms with van der Waals surface area (Å²) in [5.74, 6) is -3.09. The lowest BCUT2D eigenvalue weighted by molar-refractivity contribution is -0.146. The van der Waals surface area contributed by atoms with Crippen LogP contribution in [0.3, 0.4) is 0 Å². The van der Waals surface area contributed by atoms with E-state index >= 15 is 0 Å². The number of benzene rings is 1. The fourth-order valence-electron chi connectivity index (χ4n) is 4.42. The number of nitrogens with zero attached hydrogens (tertiary/aromatic N) is 1. The molecule has 0 aromatic heterocycles. The first kappa shape index (κ1) is 32.6. The van der Waals surface area contributed by atoms with Crippen molar-refractivity contribution in [2.24, 2.45) is 11.8 Å². The second-order valence-corrected chi connectivity index (χ2v) is 11.4. The Morgan fingerprint density at radius 2 is 1.70 bits per heavy atom. The lowest BCUT2D eigenvalue weighted by atomic mass is 9.96. The zero-order valence-corrected chi connectivity index (χ0v) is 24.4. The van der Waals surface area contributed by atoms with E-state index < -0.39 is 53.4 Å². The van der Waals surface area contributed by atoms with Crippen LogP contribution in [0.2, 0.25) is 0 Å². The fourth-order valence-corrected chi connectivity index (χ4v) is 4.42. The zero-order valence-electron chi connectivity index (χ0n) is 24.4. The molecule has 0 saturated carbocycles. The van der Waals surface area contributed by atoms with Crippen molar-refractivity contribution < 1.29 is 33.8 Å². The molecule has 1 fully saturated rings. The van der Waals surface area contributed by atoms with Crippen LogP contribution in [0.25, 0.3) is 0 Å². The monoisotopic (exact) mass is 560 g/mol. The molecule has 0 aliphatic carbocycles. The predicted octanol–water partition coefficient (Wildman–Crippen LogP) is 2.83. The number of likely N-dealkylation sites (tertiary alicyclic amines) is 1. The molecule has 1 saturated heterocycles. The van der Waals surface area contributed by atoms with E-state index in [1.165, 1.54) is 18.7 Å². The highest BCUT2D eigenvalue weighted by molar-refractivity contribution is 5.95. The van der Waals surface area contributed by atoms with Crippen LogP contribution in [-0.4, -0.2) is 70.0 Å². The minimum absolute atomic E-state index is 0.0228. The molecule has 4 amide bonds. The van der Waals surface area contributed by atoms with Crippen LogP contribution in [0.5, 0.6) is 0 Å². The highest BCUT2D eigenvalue weighted by Crippen LogP contribution is 2.20. The van der Waals surface area contributed by atoms with Gasteiger partial charge in [-0.05, 0) is 50.5 Å². The molecular formula is C29H44N4O7. The van der Waals surface area contributed by atoms with Crippen molar-refractivity contribution >= 4 is 29.8 Å². The van der Waals surface area contributed by atoms with Crippen LogP contribution in [0.15, 0.2) is 30.3 Å². The Kier molecular flexibility index (Phi) is 11.9. The van der Waals surface area contributed by atoms with Gasteiger partial charge in [-0.3, -0.25) is 19.3 Å². The summed E-state index contributed by atoms with van der Waals surface area (Å²) in [5, 5.41) is 17.4. The van der Waals surface area contributed by atoms with Gasteiger partial charge in [0, 0.05) is 6.54 Å². The van der Waals surface area contributed by atoms with Gasteiger partial charge in [0.2, 0.25) is 17.7 Å². The van der Waals surface area contributed by atoms with E-state index in [1.807, 2.05) is 58.0 Å². The minimum atomic E-state index is -1.53. The second kappa shape index (κ2) is 14.7. The topological polar surface area (TPSA) is 154 Å². The fraction of sp³-hybridized carbons (Fsp3) is 0.621. The number of amides is 4. The smallest absolute Gasteiger partial charge is 0.410 e. The van der Waals surface area contributed by atoms with E-state index in [0.717, 1.165) is 5.56 Å². The molecule has 0 unspecified atom stereocenters. The normalized spacial score (nSPS) is 17.5. The number of ether oxygens (including phenoxy) is 1. The molecule has 1 heterocycles. The number of rotatable bonds is 13. The zero-order chi connectivity index (χ0) is 30.0. The quantitative estimate of drug-likeness (QED) is 0.289. The first-order valence-electron chi connectivity index (χ1n) is 13.9. The molecule has 1 aliphatic heterocycles. The lowest BCUT2D eigenvalue weighted by Crippen LogP contribution is -2.60. The molecule has 0 radical (unpaired) electrons. The number of hydrogen-bond acceptors (Lipinski definition) is 6. The van der Waals surface area contributed by atoms with Crippen LogP contribution < -0.4 is 16.0 Å². The summed E-state index contributed by atoms with van der Waals surface area (Å²) in [6.07, 6.45) is 1.30.